The van der Waals surface area contributed by atoms with E-state index in [-0.39, 0.29) is 0 Å². The predicted molar refractivity (Wildman–Crippen MR) is 61.7 cm³/mol. The van der Waals surface area contributed by atoms with Crippen LogP contribution in [0.3, 0.4) is 0 Å². The van der Waals surface area contributed by atoms with Gasteiger partial charge in [0.05, 0.1) is 0 Å². The van der Waals surface area contributed by atoms with Gasteiger partial charge in [0, 0.05) is 6.54 Å². The second kappa shape index (κ2) is 6.71. The van der Waals surface area contributed by atoms with Gasteiger partial charge >= 0.3 is 6.09 Å². The predicted octanol–water partition coefficient (Wildman–Crippen LogP) is 2.37. The van der Waals surface area contributed by atoms with Crippen LogP contribution in [0.2, 0.25) is 0 Å². The second-order valence-corrected chi connectivity index (χ2v) is 3.67. The summed E-state index contributed by atoms with van der Waals surface area (Å²) in [5.41, 5.74) is 0.952. The number of aromatic hydroxyl groups is 1. The molecular formula is C12H17NO3. The van der Waals surface area contributed by atoms with Crippen LogP contribution in [0.1, 0.15) is 24.8 Å². The topological polar surface area (TPSA) is 69.6 Å². The van der Waals surface area contributed by atoms with Crippen LogP contribution in [-0.4, -0.2) is 22.9 Å². The van der Waals surface area contributed by atoms with Crippen molar-refractivity contribution < 1.29 is 15.0 Å². The molecule has 0 unspecified atom stereocenters. The lowest BCUT2D eigenvalue weighted by molar-refractivity contribution is 0.194. The average Bonchev–Trinajstić information content (AvgIpc) is 2.25. The van der Waals surface area contributed by atoms with E-state index in [1.807, 2.05) is 12.1 Å². The van der Waals surface area contributed by atoms with E-state index < -0.39 is 6.09 Å². The lowest BCUT2D eigenvalue weighted by atomic mass is 10.1. The Kier molecular flexibility index (Phi) is 5.19. The molecule has 0 aliphatic carbocycles. The Morgan fingerprint density at radius 1 is 1.19 bits per heavy atom. The van der Waals surface area contributed by atoms with Gasteiger partial charge in [0.2, 0.25) is 0 Å². The van der Waals surface area contributed by atoms with Crippen LogP contribution in [0.25, 0.3) is 0 Å². The van der Waals surface area contributed by atoms with Gasteiger partial charge in [-0.3, -0.25) is 0 Å². The Bertz CT molecular complexity index is 339. The Morgan fingerprint density at radius 3 is 2.62 bits per heavy atom. The van der Waals surface area contributed by atoms with Crippen LogP contribution >= 0.6 is 0 Å². The highest BCUT2D eigenvalue weighted by molar-refractivity contribution is 5.64. The quantitative estimate of drug-likeness (QED) is 0.648. The molecule has 1 aromatic carbocycles. The number of benzene rings is 1. The number of hydrogen-bond donors (Lipinski definition) is 3. The van der Waals surface area contributed by atoms with Crippen LogP contribution in [0, 0.1) is 0 Å². The largest absolute Gasteiger partial charge is 0.508 e. The zero-order chi connectivity index (χ0) is 11.8. The minimum Gasteiger partial charge on any atom is -0.508 e. The summed E-state index contributed by atoms with van der Waals surface area (Å²) in [6, 6.07) is 7.29. The third-order valence-corrected chi connectivity index (χ3v) is 2.39. The molecule has 0 atom stereocenters. The van der Waals surface area contributed by atoms with Crippen LogP contribution in [-0.2, 0) is 6.42 Å². The molecule has 1 rings (SSSR count). The molecule has 0 saturated heterocycles. The fraction of sp³-hybridized carbons (Fsp3) is 0.417. The number of nitrogens with one attached hydrogen (secondary N) is 1. The lowest BCUT2D eigenvalue weighted by Gasteiger charge is -2.04. The van der Waals surface area contributed by atoms with Crippen LogP contribution < -0.4 is 5.32 Å². The molecule has 0 heterocycles. The van der Waals surface area contributed by atoms with E-state index in [1.165, 1.54) is 0 Å². The summed E-state index contributed by atoms with van der Waals surface area (Å²) < 4.78 is 0. The number of aryl methyl sites for hydroxylation is 1. The summed E-state index contributed by atoms with van der Waals surface area (Å²) in [6.07, 6.45) is 2.60. The number of rotatable bonds is 6. The van der Waals surface area contributed by atoms with Gasteiger partial charge in [-0.25, -0.2) is 4.79 Å². The number of phenolic OH excluding ortho intramolecular Hbond substituents is 1. The number of phenols is 1. The average molecular weight is 223 g/mol. The highest BCUT2D eigenvalue weighted by atomic mass is 16.4. The maximum Gasteiger partial charge on any atom is 0.404 e. The Balaban J connectivity index is 2.12. The van der Waals surface area contributed by atoms with Crippen molar-refractivity contribution in [3.8, 4) is 5.75 Å². The zero-order valence-corrected chi connectivity index (χ0v) is 9.15. The Labute approximate surface area is 94.9 Å². The maximum atomic E-state index is 10.2. The summed E-state index contributed by atoms with van der Waals surface area (Å²) in [7, 11) is 0. The fourth-order valence-electron chi connectivity index (χ4n) is 1.53. The maximum absolute atomic E-state index is 10.2. The van der Waals surface area contributed by atoms with Gasteiger partial charge in [-0.2, -0.15) is 0 Å². The number of hydrogen-bond acceptors (Lipinski definition) is 2. The molecule has 0 aliphatic heterocycles. The third-order valence-electron chi connectivity index (χ3n) is 2.39. The van der Waals surface area contributed by atoms with Crippen molar-refractivity contribution in [2.75, 3.05) is 6.54 Å². The summed E-state index contributed by atoms with van der Waals surface area (Å²) in [5.74, 6) is 0.339. The monoisotopic (exact) mass is 223 g/mol. The van der Waals surface area contributed by atoms with Gasteiger partial charge in [-0.15, -0.1) is 0 Å². The molecule has 0 bridgehead atoms. The molecule has 0 aromatic heterocycles. The summed E-state index contributed by atoms with van der Waals surface area (Å²) in [6.45, 7) is 0.496. The molecule has 0 spiro atoms. The highest BCUT2D eigenvalue weighted by Gasteiger charge is 1.99. The van der Waals surface area contributed by atoms with Crippen molar-refractivity contribution >= 4 is 6.09 Å². The standard InChI is InChI=1S/C12H17NO3/c14-11-8-4-3-7-10(11)6-2-1-5-9-13-12(15)16/h3-4,7-8,13-14H,1-2,5-6,9H2,(H,15,16). The van der Waals surface area contributed by atoms with Crippen molar-refractivity contribution in [1.29, 1.82) is 0 Å². The minimum absolute atomic E-state index is 0.339. The minimum atomic E-state index is -0.972. The van der Waals surface area contributed by atoms with Gasteiger partial charge < -0.3 is 15.5 Å². The number of unbranched alkanes of at least 4 members (excludes halogenated alkanes) is 2. The lowest BCUT2D eigenvalue weighted by Crippen LogP contribution is -2.21. The summed E-state index contributed by atoms with van der Waals surface area (Å²) in [5, 5.41) is 20.2. The van der Waals surface area contributed by atoms with Crippen molar-refractivity contribution in [2.45, 2.75) is 25.7 Å². The molecule has 1 amide bonds. The van der Waals surface area contributed by atoms with Gasteiger partial charge in [0.1, 0.15) is 5.75 Å². The van der Waals surface area contributed by atoms with Crippen molar-refractivity contribution in [2.24, 2.45) is 0 Å². The van der Waals surface area contributed by atoms with Crippen molar-refractivity contribution in [1.82, 2.24) is 5.32 Å². The van der Waals surface area contributed by atoms with E-state index in [9.17, 15) is 9.90 Å². The normalized spacial score (nSPS) is 10.0. The SMILES string of the molecule is O=C(O)NCCCCCc1ccccc1O. The van der Waals surface area contributed by atoms with E-state index in [1.54, 1.807) is 12.1 Å². The van der Waals surface area contributed by atoms with Gasteiger partial charge in [0.25, 0.3) is 0 Å². The number of carbonyl (C=O) groups is 1. The molecule has 0 aliphatic rings. The van der Waals surface area contributed by atoms with E-state index in [0.717, 1.165) is 31.2 Å². The van der Waals surface area contributed by atoms with E-state index in [2.05, 4.69) is 5.32 Å². The molecule has 0 radical (unpaired) electrons. The first kappa shape index (κ1) is 12.4. The van der Waals surface area contributed by atoms with Gasteiger partial charge in [-0.1, -0.05) is 24.6 Å². The molecule has 0 fully saturated rings. The zero-order valence-electron chi connectivity index (χ0n) is 9.15. The smallest absolute Gasteiger partial charge is 0.404 e. The summed E-state index contributed by atoms with van der Waals surface area (Å²) >= 11 is 0. The molecular weight excluding hydrogens is 206 g/mol. The number of amides is 1. The van der Waals surface area contributed by atoms with Crippen molar-refractivity contribution in [3.63, 3.8) is 0 Å². The van der Waals surface area contributed by atoms with E-state index in [4.69, 9.17) is 5.11 Å². The second-order valence-electron chi connectivity index (χ2n) is 3.67. The molecule has 4 heteroatoms. The first-order valence-corrected chi connectivity index (χ1v) is 5.44. The van der Waals surface area contributed by atoms with Crippen LogP contribution in [0.15, 0.2) is 24.3 Å². The van der Waals surface area contributed by atoms with Crippen LogP contribution in [0.5, 0.6) is 5.75 Å². The molecule has 1 aromatic rings. The first-order valence-electron chi connectivity index (χ1n) is 5.44. The van der Waals surface area contributed by atoms with Crippen LogP contribution in [0.4, 0.5) is 4.79 Å². The Morgan fingerprint density at radius 2 is 1.94 bits per heavy atom. The molecule has 88 valence electrons. The number of para-hydroxylation sites is 1. The number of carboxylic acid groups (broad SMARTS) is 1. The van der Waals surface area contributed by atoms with Gasteiger partial charge in [-0.05, 0) is 30.9 Å². The third kappa shape index (κ3) is 4.68. The van der Waals surface area contributed by atoms with Gasteiger partial charge in [0.15, 0.2) is 0 Å². The fourth-order valence-corrected chi connectivity index (χ4v) is 1.53. The van der Waals surface area contributed by atoms with E-state index >= 15 is 0 Å². The van der Waals surface area contributed by atoms with E-state index in [0.29, 0.717) is 12.3 Å². The highest BCUT2D eigenvalue weighted by Crippen LogP contribution is 2.17. The summed E-state index contributed by atoms with van der Waals surface area (Å²) in [4.78, 5) is 10.2. The Hall–Kier alpha value is -1.71. The molecule has 3 N–H and O–H groups in total. The van der Waals surface area contributed by atoms with Crippen molar-refractivity contribution in [3.05, 3.63) is 29.8 Å². The molecule has 4 nitrogen and oxygen atoms in total. The first-order chi connectivity index (χ1) is 7.70. The molecule has 16 heavy (non-hydrogen) atoms. The molecule has 0 saturated carbocycles.